The Labute approximate surface area is 273 Å². The first-order valence-corrected chi connectivity index (χ1v) is 15.3. The van der Waals surface area contributed by atoms with E-state index < -0.39 is 30.2 Å². The van der Waals surface area contributed by atoms with E-state index in [-0.39, 0.29) is 25.9 Å². The van der Waals surface area contributed by atoms with Gasteiger partial charge in [0, 0.05) is 0 Å². The third-order valence-corrected chi connectivity index (χ3v) is 7.35. The van der Waals surface area contributed by atoms with E-state index in [1.54, 1.807) is 0 Å². The van der Waals surface area contributed by atoms with Crippen molar-refractivity contribution in [2.75, 3.05) is 6.73 Å². The summed E-state index contributed by atoms with van der Waals surface area (Å²) >= 11 is 0. The standard InChI is InChI=1S/C19H19NO4.C18H19NO4/c21-18-17(12-11-15-7-3-1-4-8-15)20(14-24-18)19(22)23-13-16-9-5-2-6-10-16;20-17(21)16(12-11-14-7-3-1-4-8-14)19-18(22)23-13-15-9-5-2-6-10-15/h1-10,17H,11-14H2;1-10,16H,11-13H2,(H,19,22)(H,20,21)/t;16-/m.0/s1. The molecule has 1 saturated heterocycles. The number of hydrogen-bond donors (Lipinski definition) is 2. The number of nitrogens with zero attached hydrogens (tertiary/aromatic N) is 1. The van der Waals surface area contributed by atoms with Crippen LogP contribution in [0.25, 0.3) is 0 Å². The molecule has 0 aromatic heterocycles. The highest BCUT2D eigenvalue weighted by molar-refractivity contribution is 5.83. The molecule has 1 aliphatic heterocycles. The molecule has 10 nitrogen and oxygen atoms in total. The van der Waals surface area contributed by atoms with Gasteiger partial charge in [0.15, 0.2) is 6.73 Å². The molecular formula is C37H38N2O8. The highest BCUT2D eigenvalue weighted by Crippen LogP contribution is 2.19. The third-order valence-electron chi connectivity index (χ3n) is 7.35. The first-order chi connectivity index (χ1) is 22.9. The number of rotatable bonds is 12. The smallest absolute Gasteiger partial charge is 0.413 e. The second-order valence-corrected chi connectivity index (χ2v) is 10.8. The van der Waals surface area contributed by atoms with Crippen LogP contribution in [0.2, 0.25) is 0 Å². The van der Waals surface area contributed by atoms with E-state index >= 15 is 0 Å². The van der Waals surface area contributed by atoms with Gasteiger partial charge in [0.25, 0.3) is 0 Å². The number of hydrogen-bond acceptors (Lipinski definition) is 7. The van der Waals surface area contributed by atoms with E-state index in [2.05, 4.69) is 5.32 Å². The summed E-state index contributed by atoms with van der Waals surface area (Å²) in [5.41, 5.74) is 3.89. The normalized spacial score (nSPS) is 14.2. The van der Waals surface area contributed by atoms with E-state index in [1.807, 2.05) is 121 Å². The van der Waals surface area contributed by atoms with Gasteiger partial charge < -0.3 is 24.6 Å². The highest BCUT2D eigenvalue weighted by atomic mass is 16.6. The SMILES string of the molecule is O=C(N[C@@H](CCc1ccccc1)C(=O)O)OCc1ccccc1.O=C1OCN(C(=O)OCc2ccccc2)C1CCc1ccccc1. The fourth-order valence-electron chi connectivity index (χ4n) is 4.77. The first kappa shape index (κ1) is 34.2. The van der Waals surface area contributed by atoms with E-state index in [4.69, 9.17) is 14.2 Å². The van der Waals surface area contributed by atoms with Crippen LogP contribution in [-0.4, -0.2) is 52.9 Å². The van der Waals surface area contributed by atoms with Crippen molar-refractivity contribution in [3.05, 3.63) is 144 Å². The molecule has 0 bridgehead atoms. The third kappa shape index (κ3) is 11.7. The van der Waals surface area contributed by atoms with Gasteiger partial charge in [-0.3, -0.25) is 4.90 Å². The van der Waals surface area contributed by atoms with Crippen LogP contribution in [-0.2, 0) is 49.9 Å². The average molecular weight is 639 g/mol. The fourth-order valence-corrected chi connectivity index (χ4v) is 4.77. The van der Waals surface area contributed by atoms with Crippen LogP contribution in [0.15, 0.2) is 121 Å². The quantitative estimate of drug-likeness (QED) is 0.140. The van der Waals surface area contributed by atoms with Gasteiger partial charge in [0.1, 0.15) is 25.3 Å². The molecule has 1 fully saturated rings. The number of aliphatic carboxylic acids is 1. The lowest BCUT2D eigenvalue weighted by Crippen LogP contribution is -2.41. The van der Waals surface area contributed by atoms with Crippen molar-refractivity contribution in [2.45, 2.75) is 51.0 Å². The van der Waals surface area contributed by atoms with Crippen LogP contribution in [0.1, 0.15) is 35.1 Å². The van der Waals surface area contributed by atoms with Gasteiger partial charge in [-0.15, -0.1) is 0 Å². The lowest BCUT2D eigenvalue weighted by Gasteiger charge is -2.19. The van der Waals surface area contributed by atoms with Gasteiger partial charge in [-0.2, -0.15) is 0 Å². The van der Waals surface area contributed by atoms with Gasteiger partial charge in [-0.05, 0) is 47.9 Å². The Bertz CT molecular complexity index is 1550. The summed E-state index contributed by atoms with van der Waals surface area (Å²) in [7, 11) is 0. The maximum absolute atomic E-state index is 12.3. The number of carbonyl (C=O) groups excluding carboxylic acids is 3. The number of alkyl carbamates (subject to hydrolysis) is 1. The summed E-state index contributed by atoms with van der Waals surface area (Å²) in [6, 6.07) is 36.5. The zero-order valence-corrected chi connectivity index (χ0v) is 25.9. The van der Waals surface area contributed by atoms with E-state index in [0.29, 0.717) is 25.7 Å². The van der Waals surface area contributed by atoms with Crippen molar-refractivity contribution in [3.8, 4) is 0 Å². The molecule has 1 aliphatic rings. The lowest BCUT2D eigenvalue weighted by atomic mass is 10.1. The Morgan fingerprint density at radius 1 is 0.723 bits per heavy atom. The number of ether oxygens (including phenoxy) is 3. The minimum Gasteiger partial charge on any atom is -0.480 e. The number of cyclic esters (lactones) is 1. The highest BCUT2D eigenvalue weighted by Gasteiger charge is 2.38. The van der Waals surface area contributed by atoms with Crippen LogP contribution in [0.5, 0.6) is 0 Å². The fraction of sp³-hybridized carbons (Fsp3) is 0.243. The number of amides is 2. The second-order valence-electron chi connectivity index (χ2n) is 10.8. The van der Waals surface area contributed by atoms with Crippen molar-refractivity contribution in [1.29, 1.82) is 0 Å². The molecule has 2 atom stereocenters. The van der Waals surface area contributed by atoms with Crippen LogP contribution in [0.3, 0.4) is 0 Å². The number of benzene rings is 4. The van der Waals surface area contributed by atoms with Crippen LogP contribution in [0, 0.1) is 0 Å². The Hall–Kier alpha value is -5.64. The number of aryl methyl sites for hydroxylation is 2. The molecule has 5 rings (SSSR count). The topological polar surface area (TPSA) is 131 Å². The Balaban J connectivity index is 0.000000213. The molecule has 0 radical (unpaired) electrons. The molecule has 244 valence electrons. The van der Waals surface area contributed by atoms with Gasteiger partial charge in [0.05, 0.1) is 0 Å². The zero-order valence-electron chi connectivity index (χ0n) is 25.9. The van der Waals surface area contributed by atoms with Crippen molar-refractivity contribution in [3.63, 3.8) is 0 Å². The number of esters is 1. The first-order valence-electron chi connectivity index (χ1n) is 15.3. The summed E-state index contributed by atoms with van der Waals surface area (Å²) in [6.07, 6.45) is 0.834. The molecule has 1 heterocycles. The van der Waals surface area contributed by atoms with E-state index in [0.717, 1.165) is 22.3 Å². The number of nitrogens with one attached hydrogen (secondary N) is 1. The number of carboxylic acids is 1. The van der Waals surface area contributed by atoms with Crippen LogP contribution in [0.4, 0.5) is 9.59 Å². The van der Waals surface area contributed by atoms with Crippen molar-refractivity contribution in [2.24, 2.45) is 0 Å². The molecule has 1 unspecified atom stereocenters. The Kier molecular flexibility index (Phi) is 13.4. The van der Waals surface area contributed by atoms with Crippen LogP contribution < -0.4 is 5.32 Å². The summed E-state index contributed by atoms with van der Waals surface area (Å²) in [5.74, 6) is -1.44. The number of carboxylic acid groups (broad SMARTS) is 1. The number of carbonyl (C=O) groups is 4. The van der Waals surface area contributed by atoms with Gasteiger partial charge >= 0.3 is 24.1 Å². The minimum atomic E-state index is -1.07. The maximum atomic E-state index is 12.3. The van der Waals surface area contributed by atoms with Crippen molar-refractivity contribution in [1.82, 2.24) is 10.2 Å². The maximum Gasteiger partial charge on any atom is 0.413 e. The van der Waals surface area contributed by atoms with Gasteiger partial charge in [0.2, 0.25) is 0 Å². The van der Waals surface area contributed by atoms with Crippen molar-refractivity contribution < 1.29 is 38.5 Å². The molecule has 4 aromatic carbocycles. The Morgan fingerprint density at radius 2 is 1.19 bits per heavy atom. The molecule has 2 N–H and O–H groups in total. The Morgan fingerprint density at radius 3 is 1.70 bits per heavy atom. The second kappa shape index (κ2) is 18.4. The molecule has 4 aromatic rings. The summed E-state index contributed by atoms with van der Waals surface area (Å²) < 4.78 is 15.4. The summed E-state index contributed by atoms with van der Waals surface area (Å²) in [6.45, 7) is 0.235. The monoisotopic (exact) mass is 638 g/mol. The zero-order chi connectivity index (χ0) is 33.3. The largest absolute Gasteiger partial charge is 0.480 e. The molecule has 0 aliphatic carbocycles. The molecule has 0 saturated carbocycles. The molecule has 47 heavy (non-hydrogen) atoms. The van der Waals surface area contributed by atoms with Gasteiger partial charge in [-0.25, -0.2) is 19.2 Å². The molecule has 2 amide bonds. The lowest BCUT2D eigenvalue weighted by molar-refractivity contribution is -0.140. The average Bonchev–Trinajstić information content (AvgIpc) is 3.49. The predicted octanol–water partition coefficient (Wildman–Crippen LogP) is 6.14. The van der Waals surface area contributed by atoms with E-state index in [9.17, 15) is 24.3 Å². The van der Waals surface area contributed by atoms with Gasteiger partial charge in [-0.1, -0.05) is 121 Å². The molecule has 0 spiro atoms. The van der Waals surface area contributed by atoms with E-state index in [1.165, 1.54) is 4.90 Å². The minimum absolute atomic E-state index is 0.0497. The summed E-state index contributed by atoms with van der Waals surface area (Å²) in [4.78, 5) is 48.5. The van der Waals surface area contributed by atoms with Crippen LogP contribution >= 0.6 is 0 Å². The predicted molar refractivity (Wildman–Crippen MR) is 174 cm³/mol. The molecule has 10 heteroatoms. The molecular weight excluding hydrogens is 600 g/mol. The summed E-state index contributed by atoms with van der Waals surface area (Å²) in [5, 5.41) is 11.6. The van der Waals surface area contributed by atoms with Crippen molar-refractivity contribution >= 4 is 24.1 Å².